The van der Waals surface area contributed by atoms with E-state index in [0.717, 1.165) is 12.2 Å². The Morgan fingerprint density at radius 1 is 1.04 bits per heavy atom. The minimum absolute atomic E-state index is 0.133. The van der Waals surface area contributed by atoms with Gasteiger partial charge in [0.15, 0.2) is 0 Å². The van der Waals surface area contributed by atoms with E-state index in [1.165, 1.54) is 44.1 Å². The minimum Gasteiger partial charge on any atom is -0.497 e. The molecule has 3 saturated carbocycles. The molecule has 0 heterocycles. The van der Waals surface area contributed by atoms with E-state index in [-0.39, 0.29) is 22.2 Å². The molecule has 0 aromatic heterocycles. The number of hydrogen-bond acceptors (Lipinski definition) is 2. The minimum atomic E-state index is -0.133. The maximum Gasteiger partial charge on any atom is 0.137 e. The molecule has 0 unspecified atom stereocenters. The number of fused-ring (bicyclic) bond motifs is 2. The zero-order chi connectivity index (χ0) is 18.9. The van der Waals surface area contributed by atoms with Crippen LogP contribution in [0.4, 0.5) is 0 Å². The first-order valence-electron chi connectivity index (χ1n) is 10.9. The predicted molar refractivity (Wildman–Crippen MR) is 108 cm³/mol. The summed E-state index contributed by atoms with van der Waals surface area (Å²) in [6.07, 6.45) is 13.3. The lowest BCUT2D eigenvalue weighted by molar-refractivity contribution is -0.126. The number of allylic oxidation sites excluding steroid dienone is 2. The summed E-state index contributed by atoms with van der Waals surface area (Å²) in [5, 5.41) is 0. The molecule has 3 fully saturated rings. The van der Waals surface area contributed by atoms with Gasteiger partial charge in [0, 0.05) is 17.8 Å². The fraction of sp³-hybridized carbons (Fsp3) is 0.640. The maximum absolute atomic E-state index is 13.6. The Morgan fingerprint density at radius 2 is 1.78 bits per heavy atom. The molecule has 0 saturated heterocycles. The van der Waals surface area contributed by atoms with Crippen molar-refractivity contribution in [1.82, 2.24) is 0 Å². The summed E-state index contributed by atoms with van der Waals surface area (Å²) in [6, 6.07) is 8.65. The van der Waals surface area contributed by atoms with Crippen LogP contribution >= 0.6 is 0 Å². The van der Waals surface area contributed by atoms with Crippen molar-refractivity contribution < 1.29 is 9.53 Å². The molecule has 0 amide bonds. The Labute approximate surface area is 163 Å². The summed E-state index contributed by atoms with van der Waals surface area (Å²) in [4.78, 5) is 13.6. The standard InChI is InChI=1S/C25H32O2/c1-17-6-11-20-22(21(26)16-17)25(18-7-9-19(27-3)10-8-18)15-14-24(20)13-5-4-12-23(24,25)2/h7-10,14-15,17,20,22H,4-6,11-13,16H2,1-3H3/t17-,20+,22+,23-,24-,25-/m1/s1. The lowest BCUT2D eigenvalue weighted by Gasteiger charge is -2.51. The van der Waals surface area contributed by atoms with Crippen LogP contribution in [0.3, 0.4) is 0 Å². The van der Waals surface area contributed by atoms with Crippen molar-refractivity contribution in [2.45, 2.75) is 64.2 Å². The van der Waals surface area contributed by atoms with Crippen LogP contribution in [-0.4, -0.2) is 12.9 Å². The fourth-order valence-corrected chi connectivity index (χ4v) is 7.91. The molecule has 4 aliphatic rings. The zero-order valence-electron chi connectivity index (χ0n) is 17.0. The third-order valence-electron chi connectivity index (χ3n) is 9.09. The molecule has 0 aliphatic heterocycles. The van der Waals surface area contributed by atoms with E-state index in [1.807, 2.05) is 0 Å². The van der Waals surface area contributed by atoms with Gasteiger partial charge >= 0.3 is 0 Å². The summed E-state index contributed by atoms with van der Waals surface area (Å²) in [7, 11) is 1.72. The van der Waals surface area contributed by atoms with Crippen molar-refractivity contribution in [2.24, 2.45) is 28.6 Å². The molecule has 6 atom stereocenters. The number of hydrogen-bond donors (Lipinski definition) is 0. The number of methoxy groups -OCH3 is 1. The number of benzene rings is 1. The molecule has 1 aromatic rings. The summed E-state index contributed by atoms with van der Waals surface area (Å²) < 4.78 is 5.42. The molecule has 2 bridgehead atoms. The molecular weight excluding hydrogens is 332 g/mol. The van der Waals surface area contributed by atoms with Crippen molar-refractivity contribution in [2.75, 3.05) is 7.11 Å². The first-order chi connectivity index (χ1) is 13.0. The molecule has 0 radical (unpaired) electrons. The van der Waals surface area contributed by atoms with Gasteiger partial charge in [-0.2, -0.15) is 0 Å². The third kappa shape index (κ3) is 1.95. The fourth-order valence-electron chi connectivity index (χ4n) is 7.91. The van der Waals surface area contributed by atoms with Crippen molar-refractivity contribution in [1.29, 1.82) is 0 Å². The van der Waals surface area contributed by atoms with Gasteiger partial charge in [0.2, 0.25) is 0 Å². The van der Waals surface area contributed by atoms with Gasteiger partial charge in [-0.1, -0.05) is 51.0 Å². The predicted octanol–water partition coefficient (Wildman–Crippen LogP) is 5.70. The smallest absolute Gasteiger partial charge is 0.137 e. The first-order valence-corrected chi connectivity index (χ1v) is 10.9. The Bertz CT molecular complexity index is 793. The van der Waals surface area contributed by atoms with Crippen LogP contribution in [0.1, 0.15) is 64.4 Å². The van der Waals surface area contributed by atoms with Crippen molar-refractivity contribution in [3.05, 3.63) is 42.0 Å². The SMILES string of the molecule is COc1ccc([C@@]23C=C[C@]4(CCCC[C@]42C)[C@H]2CC[C@@H](C)CC(=O)[C@H]23)cc1. The topological polar surface area (TPSA) is 26.3 Å². The van der Waals surface area contributed by atoms with Gasteiger partial charge < -0.3 is 4.74 Å². The summed E-state index contributed by atoms with van der Waals surface area (Å²) in [6.45, 7) is 4.79. The highest BCUT2D eigenvalue weighted by Crippen LogP contribution is 2.79. The molecule has 0 N–H and O–H groups in total. The third-order valence-corrected chi connectivity index (χ3v) is 9.09. The molecule has 2 heteroatoms. The van der Waals surface area contributed by atoms with Gasteiger partial charge in [0.05, 0.1) is 7.11 Å². The number of carbonyl (C=O) groups is 1. The van der Waals surface area contributed by atoms with E-state index in [1.54, 1.807) is 7.11 Å². The monoisotopic (exact) mass is 364 g/mol. The average Bonchev–Trinajstić information content (AvgIpc) is 2.98. The Balaban J connectivity index is 1.73. The highest BCUT2D eigenvalue weighted by Gasteiger charge is 2.76. The quantitative estimate of drug-likeness (QED) is 0.629. The van der Waals surface area contributed by atoms with E-state index < -0.39 is 0 Å². The molecule has 0 spiro atoms. The zero-order valence-corrected chi connectivity index (χ0v) is 17.0. The molecule has 5 rings (SSSR count). The lowest BCUT2D eigenvalue weighted by Crippen LogP contribution is -2.47. The first kappa shape index (κ1) is 17.5. The van der Waals surface area contributed by atoms with Crippen LogP contribution in [0.5, 0.6) is 5.75 Å². The van der Waals surface area contributed by atoms with Crippen molar-refractivity contribution >= 4 is 5.78 Å². The van der Waals surface area contributed by atoms with Crippen molar-refractivity contribution in [3.8, 4) is 5.75 Å². The van der Waals surface area contributed by atoms with Gasteiger partial charge in [0.1, 0.15) is 11.5 Å². The van der Waals surface area contributed by atoms with E-state index in [0.29, 0.717) is 17.6 Å². The largest absolute Gasteiger partial charge is 0.497 e. The van der Waals surface area contributed by atoms with Gasteiger partial charge in [-0.15, -0.1) is 0 Å². The van der Waals surface area contributed by atoms with Crippen LogP contribution in [0.15, 0.2) is 36.4 Å². The normalized spacial score (nSPS) is 45.3. The molecule has 2 nitrogen and oxygen atoms in total. The van der Waals surface area contributed by atoms with E-state index >= 15 is 0 Å². The van der Waals surface area contributed by atoms with Crippen LogP contribution < -0.4 is 4.74 Å². The van der Waals surface area contributed by atoms with E-state index in [9.17, 15) is 4.79 Å². The lowest BCUT2D eigenvalue weighted by atomic mass is 9.52. The number of rotatable bonds is 2. The second-order valence-electron chi connectivity index (χ2n) is 9.95. The molecule has 4 aliphatic carbocycles. The average molecular weight is 365 g/mol. The number of ketones is 1. The second kappa shape index (κ2) is 5.72. The van der Waals surface area contributed by atoms with Crippen LogP contribution in [0.25, 0.3) is 0 Å². The van der Waals surface area contributed by atoms with E-state index in [4.69, 9.17) is 4.74 Å². The van der Waals surface area contributed by atoms with Gasteiger partial charge in [0.25, 0.3) is 0 Å². The van der Waals surface area contributed by atoms with E-state index in [2.05, 4.69) is 50.3 Å². The molecule has 144 valence electrons. The number of ether oxygens (including phenoxy) is 1. The van der Waals surface area contributed by atoms with Crippen LogP contribution in [0.2, 0.25) is 0 Å². The number of Topliss-reactive ketones (excluding diaryl/α,β-unsaturated/α-hetero) is 1. The van der Waals surface area contributed by atoms with Gasteiger partial charge in [-0.3, -0.25) is 4.79 Å². The summed E-state index contributed by atoms with van der Waals surface area (Å²) >= 11 is 0. The van der Waals surface area contributed by atoms with Gasteiger partial charge in [-0.25, -0.2) is 0 Å². The Morgan fingerprint density at radius 3 is 2.52 bits per heavy atom. The Hall–Kier alpha value is -1.57. The van der Waals surface area contributed by atoms with Crippen LogP contribution in [0, 0.1) is 28.6 Å². The molecule has 27 heavy (non-hydrogen) atoms. The molecule has 1 aromatic carbocycles. The van der Waals surface area contributed by atoms with Crippen LogP contribution in [-0.2, 0) is 10.2 Å². The Kier molecular flexibility index (Phi) is 3.71. The van der Waals surface area contributed by atoms with Gasteiger partial charge in [-0.05, 0) is 66.0 Å². The second-order valence-corrected chi connectivity index (χ2v) is 9.95. The summed E-state index contributed by atoms with van der Waals surface area (Å²) in [5.74, 6) is 2.63. The maximum atomic E-state index is 13.6. The van der Waals surface area contributed by atoms with Crippen molar-refractivity contribution in [3.63, 3.8) is 0 Å². The highest BCUT2D eigenvalue weighted by molar-refractivity contribution is 5.86. The molecular formula is C25H32O2. The number of carbonyl (C=O) groups excluding carboxylic acids is 1. The summed E-state index contributed by atoms with van der Waals surface area (Å²) in [5.41, 5.74) is 1.58. The highest BCUT2D eigenvalue weighted by atomic mass is 16.5.